The molecule has 0 saturated carbocycles. The van der Waals surface area contributed by atoms with E-state index in [0.717, 1.165) is 24.8 Å². The number of nitrogens with zero attached hydrogens (tertiary/aromatic N) is 1. The van der Waals surface area contributed by atoms with Gasteiger partial charge in [0.15, 0.2) is 5.58 Å². The summed E-state index contributed by atoms with van der Waals surface area (Å²) in [7, 11) is 0. The first-order chi connectivity index (χ1) is 14.0. The third-order valence-electron chi connectivity index (χ3n) is 5.21. The number of benzene rings is 2. The molecule has 1 saturated heterocycles. The highest BCUT2D eigenvalue weighted by molar-refractivity contribution is 6.39. The van der Waals surface area contributed by atoms with Crippen LogP contribution < -0.4 is 11.1 Å². The zero-order valence-electron chi connectivity index (χ0n) is 16.1. The molecular weight excluding hydrogens is 393 g/mol. The minimum absolute atomic E-state index is 0. The van der Waals surface area contributed by atoms with E-state index in [1.54, 1.807) is 29.2 Å². The number of hydrogen-bond acceptors (Lipinski definition) is 4. The first-order valence-corrected chi connectivity index (χ1v) is 9.45. The van der Waals surface area contributed by atoms with Gasteiger partial charge in [0.25, 0.3) is 0 Å². The highest BCUT2D eigenvalue weighted by atomic mass is 19.1. The van der Waals surface area contributed by atoms with E-state index >= 15 is 0 Å². The van der Waals surface area contributed by atoms with Crippen molar-refractivity contribution in [3.05, 3.63) is 64.4 Å². The van der Waals surface area contributed by atoms with E-state index in [-0.39, 0.29) is 11.3 Å². The lowest BCUT2D eigenvalue weighted by atomic mass is 9.90. The van der Waals surface area contributed by atoms with Gasteiger partial charge in [-0.2, -0.15) is 0 Å². The van der Waals surface area contributed by atoms with E-state index in [9.17, 15) is 18.8 Å². The van der Waals surface area contributed by atoms with Crippen LogP contribution in [-0.2, 0) is 16.0 Å². The molecule has 0 aliphatic carbocycles. The molecule has 1 fully saturated rings. The summed E-state index contributed by atoms with van der Waals surface area (Å²) in [5.74, 6) is -1.74. The molecule has 0 unspecified atom stereocenters. The molecule has 1 aromatic heterocycles. The summed E-state index contributed by atoms with van der Waals surface area (Å²) in [5.41, 5.74) is 2.27. The average molecular weight is 415 g/mol. The molecule has 2 heterocycles. The van der Waals surface area contributed by atoms with E-state index in [2.05, 4.69) is 10.3 Å². The molecule has 30 heavy (non-hydrogen) atoms. The van der Waals surface area contributed by atoms with Gasteiger partial charge in [-0.1, -0.05) is 12.1 Å². The van der Waals surface area contributed by atoms with Crippen molar-refractivity contribution in [3.63, 3.8) is 0 Å². The molecule has 0 atom stereocenters. The Morgan fingerprint density at radius 2 is 1.83 bits per heavy atom. The molecule has 9 heteroatoms. The topological polar surface area (TPSA) is 127 Å². The van der Waals surface area contributed by atoms with Gasteiger partial charge in [-0.15, -0.1) is 0 Å². The lowest BCUT2D eigenvalue weighted by molar-refractivity contribution is -0.144. The Morgan fingerprint density at radius 1 is 1.13 bits per heavy atom. The lowest BCUT2D eigenvalue weighted by Crippen LogP contribution is -2.44. The molecule has 158 valence electrons. The number of piperidine rings is 1. The fourth-order valence-electron chi connectivity index (χ4n) is 3.65. The predicted molar refractivity (Wildman–Crippen MR) is 108 cm³/mol. The maximum atomic E-state index is 13.0. The second-order valence-electron chi connectivity index (χ2n) is 7.25. The van der Waals surface area contributed by atoms with E-state index in [1.807, 2.05) is 0 Å². The first-order valence-electron chi connectivity index (χ1n) is 9.45. The predicted octanol–water partition coefficient (Wildman–Crippen LogP) is 1.86. The third-order valence-corrected chi connectivity index (χ3v) is 5.21. The summed E-state index contributed by atoms with van der Waals surface area (Å²) in [5, 5.41) is 2.56. The number of hydrogen-bond donors (Lipinski definition) is 2. The summed E-state index contributed by atoms with van der Waals surface area (Å²) < 4.78 is 18.0. The molecule has 2 amide bonds. The molecule has 0 spiro atoms. The molecule has 0 bridgehead atoms. The summed E-state index contributed by atoms with van der Waals surface area (Å²) in [4.78, 5) is 40.0. The Bertz CT molecular complexity index is 1100. The fourth-order valence-corrected chi connectivity index (χ4v) is 3.65. The standard InChI is InChI=1S/C21H20FN3O4.H2O/c22-15-3-1-13(2-4-15)11-14-7-9-25(10-8-14)20(27)19(26)23-16-5-6-17-18(12-16)29-21(28)24-17;/h1-6,12,14H,7-11H2,(H,23,26)(H,24,28);1H2. The van der Waals surface area contributed by atoms with Crippen molar-refractivity contribution in [3.8, 4) is 0 Å². The quantitative estimate of drug-likeness (QED) is 0.633. The van der Waals surface area contributed by atoms with Crippen LogP contribution in [0, 0.1) is 11.7 Å². The van der Waals surface area contributed by atoms with Gasteiger partial charge in [0, 0.05) is 24.8 Å². The highest BCUT2D eigenvalue weighted by Gasteiger charge is 2.27. The Hall–Kier alpha value is -3.46. The molecule has 0 radical (unpaired) electrons. The van der Waals surface area contributed by atoms with Crippen molar-refractivity contribution in [2.45, 2.75) is 19.3 Å². The van der Waals surface area contributed by atoms with E-state index in [0.29, 0.717) is 35.8 Å². The molecular formula is C21H22FN3O5. The van der Waals surface area contributed by atoms with Gasteiger partial charge < -0.3 is 20.1 Å². The van der Waals surface area contributed by atoms with Crippen molar-refractivity contribution in [2.75, 3.05) is 18.4 Å². The zero-order valence-corrected chi connectivity index (χ0v) is 16.1. The van der Waals surface area contributed by atoms with E-state index < -0.39 is 17.6 Å². The average Bonchev–Trinajstić information content (AvgIpc) is 3.09. The number of carbonyl (C=O) groups is 2. The van der Waals surface area contributed by atoms with Crippen molar-refractivity contribution in [1.29, 1.82) is 0 Å². The van der Waals surface area contributed by atoms with Gasteiger partial charge in [0.1, 0.15) is 5.82 Å². The SMILES string of the molecule is O.O=C(Nc1ccc2[nH]c(=O)oc2c1)C(=O)N1CCC(Cc2ccc(F)cc2)CC1. The molecule has 4 rings (SSSR count). The maximum Gasteiger partial charge on any atom is 0.417 e. The Kier molecular flexibility index (Phi) is 6.31. The van der Waals surface area contributed by atoms with Crippen molar-refractivity contribution >= 4 is 28.6 Å². The molecule has 4 N–H and O–H groups in total. The second-order valence-corrected chi connectivity index (χ2v) is 7.25. The van der Waals surface area contributed by atoms with E-state index in [4.69, 9.17) is 4.42 Å². The summed E-state index contributed by atoms with van der Waals surface area (Å²) in [6.45, 7) is 1.01. The number of likely N-dealkylation sites (tertiary alicyclic amines) is 1. The number of aromatic nitrogens is 1. The van der Waals surface area contributed by atoms with Crippen LogP contribution in [0.1, 0.15) is 18.4 Å². The lowest BCUT2D eigenvalue weighted by Gasteiger charge is -2.31. The Balaban J connectivity index is 0.00000256. The van der Waals surface area contributed by atoms with Crippen LogP contribution in [0.3, 0.4) is 0 Å². The van der Waals surface area contributed by atoms with Crippen LogP contribution in [0.15, 0.2) is 51.7 Å². The van der Waals surface area contributed by atoms with Crippen molar-refractivity contribution in [1.82, 2.24) is 9.88 Å². The van der Waals surface area contributed by atoms with Gasteiger partial charge in [-0.05, 0) is 55.0 Å². The smallest absolute Gasteiger partial charge is 0.412 e. The van der Waals surface area contributed by atoms with Gasteiger partial charge in [0.05, 0.1) is 5.52 Å². The van der Waals surface area contributed by atoms with Gasteiger partial charge in [-0.25, -0.2) is 9.18 Å². The number of aromatic amines is 1. The number of oxazole rings is 1. The normalized spacial score (nSPS) is 14.4. The van der Waals surface area contributed by atoms with Gasteiger partial charge in [0.2, 0.25) is 0 Å². The first kappa shape index (κ1) is 21.3. The van der Waals surface area contributed by atoms with Crippen molar-refractivity contribution in [2.24, 2.45) is 5.92 Å². The third kappa shape index (κ3) is 4.74. The number of fused-ring (bicyclic) bond motifs is 1. The van der Waals surface area contributed by atoms with Crippen LogP contribution >= 0.6 is 0 Å². The number of carbonyl (C=O) groups excluding carboxylic acids is 2. The zero-order chi connectivity index (χ0) is 20.4. The minimum atomic E-state index is -0.723. The summed E-state index contributed by atoms with van der Waals surface area (Å²) in [6, 6.07) is 11.2. The highest BCUT2D eigenvalue weighted by Crippen LogP contribution is 2.22. The number of H-pyrrole nitrogens is 1. The Morgan fingerprint density at radius 3 is 2.53 bits per heavy atom. The number of halogens is 1. The number of nitrogens with one attached hydrogen (secondary N) is 2. The van der Waals surface area contributed by atoms with Crippen LogP contribution in [0.25, 0.3) is 11.1 Å². The van der Waals surface area contributed by atoms with Crippen LogP contribution in [0.4, 0.5) is 10.1 Å². The molecule has 8 nitrogen and oxygen atoms in total. The summed E-state index contributed by atoms with van der Waals surface area (Å²) in [6.07, 6.45) is 2.41. The number of anilines is 1. The second kappa shape index (κ2) is 8.91. The van der Waals surface area contributed by atoms with Crippen LogP contribution in [0.5, 0.6) is 0 Å². The molecule has 2 aromatic carbocycles. The Labute approximate surface area is 171 Å². The largest absolute Gasteiger partial charge is 0.417 e. The van der Waals surface area contributed by atoms with Crippen LogP contribution in [0.2, 0.25) is 0 Å². The van der Waals surface area contributed by atoms with Gasteiger partial charge in [-0.3, -0.25) is 14.6 Å². The molecule has 1 aliphatic heterocycles. The fraction of sp³-hybridized carbons (Fsp3) is 0.286. The molecule has 1 aliphatic rings. The number of rotatable bonds is 3. The summed E-state index contributed by atoms with van der Waals surface area (Å²) >= 11 is 0. The van der Waals surface area contributed by atoms with Crippen LogP contribution in [-0.4, -0.2) is 40.3 Å². The monoisotopic (exact) mass is 415 g/mol. The van der Waals surface area contributed by atoms with Crippen molar-refractivity contribution < 1.29 is 23.9 Å². The van der Waals surface area contributed by atoms with Gasteiger partial charge >= 0.3 is 17.6 Å². The number of amides is 2. The minimum Gasteiger partial charge on any atom is -0.412 e. The van der Waals surface area contributed by atoms with E-state index in [1.165, 1.54) is 18.2 Å². The maximum absolute atomic E-state index is 13.0. The molecule has 3 aromatic rings.